The van der Waals surface area contributed by atoms with Gasteiger partial charge in [-0.2, -0.15) is 0 Å². The van der Waals surface area contributed by atoms with Gasteiger partial charge in [0.05, 0.1) is 9.30 Å². The van der Waals surface area contributed by atoms with Crippen LogP contribution in [0, 0.1) is 12.7 Å². The fourth-order valence-corrected chi connectivity index (χ4v) is 1.75. The van der Waals surface area contributed by atoms with Crippen LogP contribution in [0.15, 0.2) is 16.6 Å². The zero-order valence-corrected chi connectivity index (χ0v) is 12.2. The van der Waals surface area contributed by atoms with Crippen LogP contribution >= 0.6 is 31.9 Å². The summed E-state index contributed by atoms with van der Waals surface area (Å²) in [6, 6.07) is 2.95. The molecular weight excluding hydrogens is 341 g/mol. The zero-order valence-electron chi connectivity index (χ0n) is 8.98. The highest BCUT2D eigenvalue weighted by atomic mass is 79.9. The van der Waals surface area contributed by atoms with Gasteiger partial charge >= 0.3 is 0 Å². The number of aryl methyl sites for hydroxylation is 1. The van der Waals surface area contributed by atoms with E-state index >= 15 is 0 Å². The summed E-state index contributed by atoms with van der Waals surface area (Å²) in [6.45, 7) is 3.71. The minimum Gasteiger partial charge on any atom is -0.325 e. The van der Waals surface area contributed by atoms with Crippen molar-refractivity contribution in [2.24, 2.45) is 0 Å². The van der Waals surface area contributed by atoms with Crippen molar-refractivity contribution in [3.63, 3.8) is 0 Å². The molecule has 0 fully saturated rings. The number of carbonyl (C=O) groups excluding carboxylic acids is 1. The number of hydrogen-bond acceptors (Lipinski definition) is 1. The molecule has 1 unspecified atom stereocenters. The first-order valence-electron chi connectivity index (χ1n) is 4.86. The third-order valence-electron chi connectivity index (χ3n) is 2.17. The summed E-state index contributed by atoms with van der Waals surface area (Å²) < 4.78 is 13.7. The number of nitrogens with one attached hydrogen (secondary N) is 1. The van der Waals surface area contributed by atoms with Gasteiger partial charge in [0.15, 0.2) is 0 Å². The molecule has 0 aliphatic carbocycles. The number of carbonyl (C=O) groups is 1. The number of halogens is 3. The number of alkyl halides is 1. The SMILES string of the molecule is CCC(Br)C(=O)Nc1cc(F)c(Br)cc1C. The number of rotatable bonds is 3. The highest BCUT2D eigenvalue weighted by molar-refractivity contribution is 9.10. The molecule has 88 valence electrons. The first kappa shape index (κ1) is 13.6. The molecule has 0 aliphatic heterocycles. The molecule has 0 bridgehead atoms. The molecule has 0 saturated heterocycles. The normalized spacial score (nSPS) is 12.3. The second-order valence-corrected chi connectivity index (χ2v) is 5.41. The molecular formula is C11H12Br2FNO. The molecule has 16 heavy (non-hydrogen) atoms. The Morgan fingerprint density at radius 1 is 1.56 bits per heavy atom. The summed E-state index contributed by atoms with van der Waals surface area (Å²) in [7, 11) is 0. The lowest BCUT2D eigenvalue weighted by atomic mass is 10.2. The average Bonchev–Trinajstić information content (AvgIpc) is 2.24. The molecule has 5 heteroatoms. The van der Waals surface area contributed by atoms with E-state index in [9.17, 15) is 9.18 Å². The van der Waals surface area contributed by atoms with Crippen molar-refractivity contribution in [2.45, 2.75) is 25.1 Å². The Bertz CT molecular complexity index is 409. The zero-order chi connectivity index (χ0) is 12.3. The lowest BCUT2D eigenvalue weighted by Gasteiger charge is -2.11. The Morgan fingerprint density at radius 3 is 2.75 bits per heavy atom. The van der Waals surface area contributed by atoms with Crippen LogP contribution in [0.25, 0.3) is 0 Å². The van der Waals surface area contributed by atoms with Crippen molar-refractivity contribution in [3.05, 3.63) is 28.0 Å². The Kier molecular flexibility index (Phi) is 4.92. The van der Waals surface area contributed by atoms with Gasteiger partial charge in [-0.1, -0.05) is 22.9 Å². The van der Waals surface area contributed by atoms with Gasteiger partial charge in [0.25, 0.3) is 0 Å². The number of amides is 1. The third-order valence-corrected chi connectivity index (χ3v) is 3.84. The molecule has 1 amide bonds. The second kappa shape index (κ2) is 5.77. The summed E-state index contributed by atoms with van der Waals surface area (Å²) in [5.74, 6) is -0.546. The number of benzene rings is 1. The van der Waals surface area contributed by atoms with Crippen LogP contribution in [0.1, 0.15) is 18.9 Å². The van der Waals surface area contributed by atoms with Crippen molar-refractivity contribution in [3.8, 4) is 0 Å². The first-order valence-corrected chi connectivity index (χ1v) is 6.57. The monoisotopic (exact) mass is 351 g/mol. The summed E-state index contributed by atoms with van der Waals surface area (Å²) in [5, 5.41) is 2.68. The van der Waals surface area contributed by atoms with Gasteiger partial charge in [-0.15, -0.1) is 0 Å². The minimum atomic E-state index is -0.386. The van der Waals surface area contributed by atoms with Crippen molar-refractivity contribution < 1.29 is 9.18 Å². The van der Waals surface area contributed by atoms with E-state index in [4.69, 9.17) is 0 Å². The second-order valence-electron chi connectivity index (χ2n) is 3.45. The van der Waals surface area contributed by atoms with Gasteiger partial charge < -0.3 is 5.32 Å². The van der Waals surface area contributed by atoms with E-state index in [0.717, 1.165) is 5.56 Å². The molecule has 1 N–H and O–H groups in total. The van der Waals surface area contributed by atoms with E-state index in [2.05, 4.69) is 37.2 Å². The van der Waals surface area contributed by atoms with E-state index in [1.165, 1.54) is 6.07 Å². The van der Waals surface area contributed by atoms with Crippen LogP contribution < -0.4 is 5.32 Å². The molecule has 1 aromatic rings. The van der Waals surface area contributed by atoms with Gasteiger partial charge in [0, 0.05) is 5.69 Å². The largest absolute Gasteiger partial charge is 0.325 e. The molecule has 0 aliphatic rings. The highest BCUT2D eigenvalue weighted by Crippen LogP contribution is 2.24. The van der Waals surface area contributed by atoms with Gasteiger partial charge in [-0.3, -0.25) is 4.79 Å². The lowest BCUT2D eigenvalue weighted by molar-refractivity contribution is -0.115. The Morgan fingerprint density at radius 2 is 2.19 bits per heavy atom. The fraction of sp³-hybridized carbons (Fsp3) is 0.364. The average molecular weight is 353 g/mol. The summed E-state index contributed by atoms with van der Waals surface area (Å²) in [4.78, 5) is 11.3. The van der Waals surface area contributed by atoms with E-state index in [1.54, 1.807) is 6.07 Å². The molecule has 1 aromatic carbocycles. The summed E-state index contributed by atoms with van der Waals surface area (Å²) in [5.41, 5.74) is 1.32. The summed E-state index contributed by atoms with van der Waals surface area (Å²) in [6.07, 6.45) is 0.684. The van der Waals surface area contributed by atoms with Crippen LogP contribution in [0.5, 0.6) is 0 Å². The van der Waals surface area contributed by atoms with Crippen LogP contribution in [0.3, 0.4) is 0 Å². The highest BCUT2D eigenvalue weighted by Gasteiger charge is 2.14. The van der Waals surface area contributed by atoms with E-state index < -0.39 is 0 Å². The van der Waals surface area contributed by atoms with E-state index in [0.29, 0.717) is 16.6 Å². The van der Waals surface area contributed by atoms with Crippen LogP contribution in [-0.2, 0) is 4.79 Å². The van der Waals surface area contributed by atoms with Crippen molar-refractivity contribution in [1.82, 2.24) is 0 Å². The molecule has 2 nitrogen and oxygen atoms in total. The maximum absolute atomic E-state index is 13.3. The van der Waals surface area contributed by atoms with Crippen molar-refractivity contribution in [1.29, 1.82) is 0 Å². The van der Waals surface area contributed by atoms with Crippen LogP contribution in [-0.4, -0.2) is 10.7 Å². The first-order chi connectivity index (χ1) is 7.45. The molecule has 0 radical (unpaired) electrons. The van der Waals surface area contributed by atoms with E-state index in [-0.39, 0.29) is 16.6 Å². The van der Waals surface area contributed by atoms with Gasteiger partial charge in [-0.25, -0.2) is 4.39 Å². The van der Waals surface area contributed by atoms with Crippen molar-refractivity contribution in [2.75, 3.05) is 5.32 Å². The maximum Gasteiger partial charge on any atom is 0.238 e. The van der Waals surface area contributed by atoms with Crippen molar-refractivity contribution >= 4 is 43.5 Å². The smallest absolute Gasteiger partial charge is 0.238 e. The predicted octanol–water partition coefficient (Wildman–Crippen LogP) is 4.01. The maximum atomic E-state index is 13.3. The predicted molar refractivity (Wildman–Crippen MR) is 70.5 cm³/mol. The fourth-order valence-electron chi connectivity index (χ4n) is 1.18. The minimum absolute atomic E-state index is 0.160. The molecule has 1 atom stereocenters. The molecule has 0 spiro atoms. The van der Waals surface area contributed by atoms with Gasteiger partial charge in [-0.05, 0) is 47.0 Å². The standard InChI is InChI=1S/C11H12Br2FNO/c1-3-7(12)11(16)15-10-5-9(14)8(13)4-6(10)2/h4-5,7H,3H2,1-2H3,(H,15,16). The number of anilines is 1. The summed E-state index contributed by atoms with van der Waals surface area (Å²) >= 11 is 6.33. The quantitative estimate of drug-likeness (QED) is 0.818. The topological polar surface area (TPSA) is 29.1 Å². The van der Waals surface area contributed by atoms with Gasteiger partial charge in [0.1, 0.15) is 5.82 Å². The van der Waals surface area contributed by atoms with E-state index in [1.807, 2.05) is 13.8 Å². The van der Waals surface area contributed by atoms with Crippen LogP contribution in [0.4, 0.5) is 10.1 Å². The Balaban J connectivity index is 2.90. The molecule has 0 aromatic heterocycles. The van der Waals surface area contributed by atoms with Crippen LogP contribution in [0.2, 0.25) is 0 Å². The Labute approximate surface area is 111 Å². The van der Waals surface area contributed by atoms with Gasteiger partial charge in [0.2, 0.25) is 5.91 Å². The molecule has 0 heterocycles. The molecule has 0 saturated carbocycles. The molecule has 1 rings (SSSR count). The Hall–Kier alpha value is -0.420. The number of hydrogen-bond donors (Lipinski definition) is 1. The lowest BCUT2D eigenvalue weighted by Crippen LogP contribution is -2.22. The third kappa shape index (κ3) is 3.28.